The first-order chi connectivity index (χ1) is 8.69. The van der Waals surface area contributed by atoms with Crippen LogP contribution in [-0.4, -0.2) is 11.1 Å². The van der Waals surface area contributed by atoms with Gasteiger partial charge < -0.3 is 9.84 Å². The molecule has 18 heavy (non-hydrogen) atoms. The third-order valence-corrected chi connectivity index (χ3v) is 3.28. The summed E-state index contributed by atoms with van der Waals surface area (Å²) in [5, 5.41) is 17.4. The fourth-order valence-corrected chi connectivity index (χ4v) is 2.11. The molecule has 4 nitrogen and oxygen atoms in total. The van der Waals surface area contributed by atoms with Gasteiger partial charge in [0.1, 0.15) is 17.2 Å². The summed E-state index contributed by atoms with van der Waals surface area (Å²) in [6, 6.07) is 12.1. The van der Waals surface area contributed by atoms with Crippen LogP contribution in [-0.2, 0) is 6.61 Å². The van der Waals surface area contributed by atoms with Gasteiger partial charge in [-0.3, -0.25) is 0 Å². The molecular formula is C13H9NO3S. The Morgan fingerprint density at radius 2 is 2.00 bits per heavy atom. The van der Waals surface area contributed by atoms with Gasteiger partial charge >= 0.3 is 5.97 Å². The van der Waals surface area contributed by atoms with Gasteiger partial charge in [0.25, 0.3) is 0 Å². The van der Waals surface area contributed by atoms with Gasteiger partial charge in [0, 0.05) is 4.88 Å². The fourth-order valence-electron chi connectivity index (χ4n) is 1.35. The second-order valence-corrected chi connectivity index (χ2v) is 4.66. The van der Waals surface area contributed by atoms with Crippen molar-refractivity contribution in [3.05, 3.63) is 51.7 Å². The highest BCUT2D eigenvalue weighted by Crippen LogP contribution is 2.19. The zero-order chi connectivity index (χ0) is 13.0. The quantitative estimate of drug-likeness (QED) is 0.916. The summed E-state index contributed by atoms with van der Waals surface area (Å²) >= 11 is 1.19. The van der Waals surface area contributed by atoms with Crippen molar-refractivity contribution >= 4 is 17.3 Å². The molecule has 0 aliphatic rings. The lowest BCUT2D eigenvalue weighted by Crippen LogP contribution is -1.93. The van der Waals surface area contributed by atoms with E-state index < -0.39 is 5.97 Å². The number of carboxylic acids is 1. The van der Waals surface area contributed by atoms with E-state index in [-0.39, 0.29) is 0 Å². The number of carbonyl (C=O) groups is 1. The van der Waals surface area contributed by atoms with Gasteiger partial charge in [0.2, 0.25) is 0 Å². The summed E-state index contributed by atoms with van der Waals surface area (Å²) in [6.07, 6.45) is 0. The molecule has 0 saturated carbocycles. The molecular weight excluding hydrogens is 250 g/mol. The number of ether oxygens (including phenoxy) is 1. The van der Waals surface area contributed by atoms with Crippen LogP contribution in [0.25, 0.3) is 0 Å². The zero-order valence-corrected chi connectivity index (χ0v) is 10.1. The van der Waals surface area contributed by atoms with Crippen LogP contribution in [0.5, 0.6) is 5.75 Å². The molecule has 0 saturated heterocycles. The Kier molecular flexibility index (Phi) is 3.60. The number of aromatic carboxylic acids is 1. The third kappa shape index (κ3) is 2.87. The molecule has 5 heteroatoms. The second kappa shape index (κ2) is 5.34. The lowest BCUT2D eigenvalue weighted by Gasteiger charge is -2.03. The van der Waals surface area contributed by atoms with Gasteiger partial charge in [0.15, 0.2) is 0 Å². The number of nitriles is 1. The Balaban J connectivity index is 1.98. The van der Waals surface area contributed by atoms with Gasteiger partial charge in [-0.05, 0) is 36.4 Å². The number of nitrogens with zero attached hydrogens (tertiary/aromatic N) is 1. The smallest absolute Gasteiger partial charge is 0.345 e. The van der Waals surface area contributed by atoms with Crippen molar-refractivity contribution in [1.82, 2.24) is 0 Å². The maximum Gasteiger partial charge on any atom is 0.345 e. The molecule has 0 aliphatic carbocycles. The minimum absolute atomic E-state index is 0.299. The molecule has 0 amide bonds. The van der Waals surface area contributed by atoms with E-state index in [2.05, 4.69) is 0 Å². The molecule has 0 spiro atoms. The Labute approximate surface area is 108 Å². The summed E-state index contributed by atoms with van der Waals surface area (Å²) in [7, 11) is 0. The Bertz CT molecular complexity index is 595. The molecule has 1 aromatic heterocycles. The normalized spacial score (nSPS) is 9.72. The van der Waals surface area contributed by atoms with E-state index in [1.807, 2.05) is 6.07 Å². The van der Waals surface area contributed by atoms with E-state index in [4.69, 9.17) is 15.1 Å². The van der Waals surface area contributed by atoms with E-state index in [1.54, 1.807) is 36.4 Å². The fraction of sp³-hybridized carbons (Fsp3) is 0.0769. The molecule has 0 unspecified atom stereocenters. The van der Waals surface area contributed by atoms with Crippen LogP contribution in [0.4, 0.5) is 0 Å². The molecule has 2 rings (SSSR count). The molecule has 0 bridgehead atoms. The highest BCUT2D eigenvalue weighted by atomic mass is 32.1. The zero-order valence-electron chi connectivity index (χ0n) is 9.29. The highest BCUT2D eigenvalue weighted by molar-refractivity contribution is 7.13. The lowest BCUT2D eigenvalue weighted by atomic mass is 10.2. The van der Waals surface area contributed by atoms with E-state index in [9.17, 15) is 4.79 Å². The average Bonchev–Trinajstić information content (AvgIpc) is 2.86. The number of hydrogen-bond acceptors (Lipinski definition) is 4. The molecule has 0 fully saturated rings. The summed E-state index contributed by atoms with van der Waals surface area (Å²) < 4.78 is 5.49. The highest BCUT2D eigenvalue weighted by Gasteiger charge is 2.07. The van der Waals surface area contributed by atoms with Crippen LogP contribution in [0.2, 0.25) is 0 Å². The van der Waals surface area contributed by atoms with Crippen LogP contribution in [0.1, 0.15) is 20.1 Å². The molecule has 0 atom stereocenters. The first-order valence-electron chi connectivity index (χ1n) is 5.14. The Morgan fingerprint density at radius 1 is 1.28 bits per heavy atom. The van der Waals surface area contributed by atoms with Crippen molar-refractivity contribution in [2.75, 3.05) is 0 Å². The predicted molar refractivity (Wildman–Crippen MR) is 66.8 cm³/mol. The maximum absolute atomic E-state index is 10.7. The summed E-state index contributed by atoms with van der Waals surface area (Å²) in [4.78, 5) is 11.8. The lowest BCUT2D eigenvalue weighted by molar-refractivity contribution is 0.0702. The van der Waals surface area contributed by atoms with E-state index in [1.165, 1.54) is 11.3 Å². The molecule has 2 aromatic rings. The first kappa shape index (κ1) is 12.1. The van der Waals surface area contributed by atoms with E-state index in [0.29, 0.717) is 22.8 Å². The average molecular weight is 259 g/mol. The number of rotatable bonds is 4. The second-order valence-electron chi connectivity index (χ2n) is 3.50. The topological polar surface area (TPSA) is 70.3 Å². The van der Waals surface area contributed by atoms with Crippen LogP contribution >= 0.6 is 11.3 Å². The predicted octanol–water partition coefficient (Wildman–Crippen LogP) is 2.90. The van der Waals surface area contributed by atoms with Crippen molar-refractivity contribution in [3.63, 3.8) is 0 Å². The van der Waals surface area contributed by atoms with Gasteiger partial charge in [0.05, 0.1) is 11.6 Å². The Hall–Kier alpha value is -2.32. The van der Waals surface area contributed by atoms with Crippen LogP contribution in [0, 0.1) is 11.3 Å². The SMILES string of the molecule is N#Cc1ccc(OCc2ccc(C(=O)O)s2)cc1. The molecule has 0 radical (unpaired) electrons. The van der Waals surface area contributed by atoms with Crippen molar-refractivity contribution in [3.8, 4) is 11.8 Å². The first-order valence-corrected chi connectivity index (χ1v) is 5.95. The van der Waals surface area contributed by atoms with Crippen LogP contribution in [0.15, 0.2) is 36.4 Å². The van der Waals surface area contributed by atoms with Crippen molar-refractivity contribution < 1.29 is 14.6 Å². The Morgan fingerprint density at radius 3 is 2.56 bits per heavy atom. The summed E-state index contributed by atoms with van der Waals surface area (Å²) in [6.45, 7) is 0.323. The minimum Gasteiger partial charge on any atom is -0.488 e. The monoisotopic (exact) mass is 259 g/mol. The molecule has 0 aliphatic heterocycles. The number of thiophene rings is 1. The van der Waals surface area contributed by atoms with Crippen molar-refractivity contribution in [1.29, 1.82) is 5.26 Å². The summed E-state index contributed by atoms with van der Waals surface area (Å²) in [5.74, 6) is -0.274. The standard InChI is InChI=1S/C13H9NO3S/c14-7-9-1-3-10(4-2-9)17-8-11-5-6-12(18-11)13(15)16/h1-6H,8H2,(H,15,16). The summed E-state index contributed by atoms with van der Waals surface area (Å²) in [5.41, 5.74) is 0.576. The number of carboxylic acid groups (broad SMARTS) is 1. The molecule has 1 aromatic carbocycles. The van der Waals surface area contributed by atoms with Crippen molar-refractivity contribution in [2.24, 2.45) is 0 Å². The minimum atomic E-state index is -0.926. The van der Waals surface area contributed by atoms with E-state index in [0.717, 1.165) is 4.88 Å². The van der Waals surface area contributed by atoms with Crippen LogP contribution < -0.4 is 4.74 Å². The van der Waals surface area contributed by atoms with Gasteiger partial charge in [-0.25, -0.2) is 4.79 Å². The van der Waals surface area contributed by atoms with Crippen LogP contribution in [0.3, 0.4) is 0 Å². The van der Waals surface area contributed by atoms with Gasteiger partial charge in [-0.2, -0.15) is 5.26 Å². The molecule has 90 valence electrons. The van der Waals surface area contributed by atoms with E-state index >= 15 is 0 Å². The number of benzene rings is 1. The third-order valence-electron chi connectivity index (χ3n) is 2.24. The molecule has 1 N–H and O–H groups in total. The van der Waals surface area contributed by atoms with Gasteiger partial charge in [-0.1, -0.05) is 0 Å². The molecule has 1 heterocycles. The number of hydrogen-bond donors (Lipinski definition) is 1. The largest absolute Gasteiger partial charge is 0.488 e. The van der Waals surface area contributed by atoms with Crippen molar-refractivity contribution in [2.45, 2.75) is 6.61 Å². The maximum atomic E-state index is 10.7. The van der Waals surface area contributed by atoms with Gasteiger partial charge in [-0.15, -0.1) is 11.3 Å².